The molecule has 3 heterocycles. The Bertz CT molecular complexity index is 540. The number of morpholine rings is 1. The van der Waals surface area contributed by atoms with Crippen molar-refractivity contribution in [3.05, 3.63) is 23.9 Å². The van der Waals surface area contributed by atoms with Crippen LogP contribution in [0.15, 0.2) is 18.3 Å². The molecule has 1 aromatic rings. The van der Waals surface area contributed by atoms with Crippen molar-refractivity contribution in [2.75, 3.05) is 39.7 Å². The molecule has 2 bridgehead atoms. The van der Waals surface area contributed by atoms with E-state index in [0.29, 0.717) is 30.0 Å². The molecule has 0 spiro atoms. The average molecular weight is 337 g/mol. The van der Waals surface area contributed by atoms with Crippen LogP contribution in [0.25, 0.3) is 0 Å². The molecule has 3 atom stereocenters. The van der Waals surface area contributed by atoms with Gasteiger partial charge in [0.15, 0.2) is 0 Å². The van der Waals surface area contributed by atoms with Gasteiger partial charge in [0.2, 0.25) is 5.88 Å². The standard InChI is InChI=1S/C16H23N3O3S/c1-11(23-3)18-7-13-9-22-10-14(8-18)19(13)16(20)12-4-5-15(21-2)17-6-12/h4-6,11,13-14H,7-10H2,1-3H3. The highest BCUT2D eigenvalue weighted by Crippen LogP contribution is 2.27. The van der Waals surface area contributed by atoms with Gasteiger partial charge in [-0.15, -0.1) is 11.8 Å². The van der Waals surface area contributed by atoms with E-state index < -0.39 is 0 Å². The predicted octanol–water partition coefficient (Wildman–Crippen LogP) is 1.32. The summed E-state index contributed by atoms with van der Waals surface area (Å²) >= 11 is 1.84. The summed E-state index contributed by atoms with van der Waals surface area (Å²) in [4.78, 5) is 21.5. The number of amides is 1. The maximum absolute atomic E-state index is 12.9. The van der Waals surface area contributed by atoms with Crippen molar-refractivity contribution in [2.45, 2.75) is 24.4 Å². The number of aromatic nitrogens is 1. The molecule has 7 heteroatoms. The minimum atomic E-state index is 0.0370. The van der Waals surface area contributed by atoms with Crippen LogP contribution in [0.4, 0.5) is 0 Å². The Hall–Kier alpha value is -1.31. The first-order chi connectivity index (χ1) is 11.1. The molecular weight excluding hydrogens is 314 g/mol. The fraction of sp³-hybridized carbons (Fsp3) is 0.625. The van der Waals surface area contributed by atoms with Gasteiger partial charge >= 0.3 is 0 Å². The Morgan fingerprint density at radius 3 is 2.61 bits per heavy atom. The Labute approximate surface area is 141 Å². The number of hydrogen-bond donors (Lipinski definition) is 0. The SMILES string of the molecule is COc1ccc(C(=O)N2C3COCC2CN(C(C)SC)C3)cn1. The number of carbonyl (C=O) groups is 1. The zero-order chi connectivity index (χ0) is 16.4. The topological polar surface area (TPSA) is 54.9 Å². The Morgan fingerprint density at radius 1 is 1.39 bits per heavy atom. The van der Waals surface area contributed by atoms with E-state index in [1.165, 1.54) is 0 Å². The van der Waals surface area contributed by atoms with Crippen LogP contribution in [-0.2, 0) is 4.74 Å². The summed E-state index contributed by atoms with van der Waals surface area (Å²) in [5.41, 5.74) is 0.606. The van der Waals surface area contributed by atoms with Gasteiger partial charge in [-0.05, 0) is 19.2 Å². The van der Waals surface area contributed by atoms with Crippen molar-refractivity contribution in [2.24, 2.45) is 0 Å². The van der Waals surface area contributed by atoms with Crippen molar-refractivity contribution in [3.63, 3.8) is 0 Å². The van der Waals surface area contributed by atoms with Crippen LogP contribution in [0.2, 0.25) is 0 Å². The van der Waals surface area contributed by atoms with Crippen molar-refractivity contribution >= 4 is 17.7 Å². The molecule has 3 rings (SSSR count). The van der Waals surface area contributed by atoms with Crippen LogP contribution >= 0.6 is 11.8 Å². The first-order valence-corrected chi connectivity index (χ1v) is 9.10. The number of pyridine rings is 1. The highest BCUT2D eigenvalue weighted by Gasteiger charge is 2.42. The molecule has 0 aliphatic carbocycles. The number of nitrogens with zero attached hydrogens (tertiary/aromatic N) is 3. The molecule has 1 amide bonds. The molecule has 0 radical (unpaired) electrons. The van der Waals surface area contributed by atoms with E-state index in [1.807, 2.05) is 16.7 Å². The van der Waals surface area contributed by atoms with E-state index in [0.717, 1.165) is 13.1 Å². The first-order valence-electron chi connectivity index (χ1n) is 7.81. The smallest absolute Gasteiger partial charge is 0.256 e. The van der Waals surface area contributed by atoms with Crippen LogP contribution < -0.4 is 4.74 Å². The van der Waals surface area contributed by atoms with Crippen molar-refractivity contribution < 1.29 is 14.3 Å². The summed E-state index contributed by atoms with van der Waals surface area (Å²) in [6.07, 6.45) is 3.71. The molecule has 1 aromatic heterocycles. The second-order valence-electron chi connectivity index (χ2n) is 5.94. The van der Waals surface area contributed by atoms with Crippen LogP contribution in [0.5, 0.6) is 5.88 Å². The summed E-state index contributed by atoms with van der Waals surface area (Å²) in [5, 5.41) is 0.456. The number of carbonyl (C=O) groups excluding carboxylic acids is 1. The second-order valence-corrected chi connectivity index (χ2v) is 7.09. The molecule has 23 heavy (non-hydrogen) atoms. The predicted molar refractivity (Wildman–Crippen MR) is 89.9 cm³/mol. The number of thioether (sulfide) groups is 1. The molecule has 126 valence electrons. The summed E-state index contributed by atoms with van der Waals surface area (Å²) in [6.45, 7) is 5.13. The van der Waals surface area contributed by atoms with Crippen molar-refractivity contribution in [1.82, 2.24) is 14.8 Å². The lowest BCUT2D eigenvalue weighted by atomic mass is 10.0. The summed E-state index contributed by atoms with van der Waals surface area (Å²) in [5.74, 6) is 0.554. The molecule has 0 N–H and O–H groups in total. The van der Waals surface area contributed by atoms with Gasteiger partial charge in [0.25, 0.3) is 5.91 Å². The molecule has 2 saturated heterocycles. The van der Waals surface area contributed by atoms with Gasteiger partial charge in [-0.3, -0.25) is 9.69 Å². The van der Waals surface area contributed by atoms with Crippen LogP contribution in [0, 0.1) is 0 Å². The molecular formula is C16H23N3O3S. The number of piperazine rings is 1. The van der Waals surface area contributed by atoms with Gasteiger partial charge < -0.3 is 14.4 Å². The molecule has 2 fully saturated rings. The Morgan fingerprint density at radius 2 is 2.09 bits per heavy atom. The average Bonchev–Trinajstić information content (AvgIpc) is 2.59. The minimum Gasteiger partial charge on any atom is -0.481 e. The summed E-state index contributed by atoms with van der Waals surface area (Å²) in [6, 6.07) is 3.71. The van der Waals surface area contributed by atoms with Crippen LogP contribution in [0.3, 0.4) is 0 Å². The second kappa shape index (κ2) is 7.07. The van der Waals surface area contributed by atoms with E-state index >= 15 is 0 Å². The van der Waals surface area contributed by atoms with Gasteiger partial charge in [-0.1, -0.05) is 0 Å². The zero-order valence-electron chi connectivity index (χ0n) is 13.8. The highest BCUT2D eigenvalue weighted by molar-refractivity contribution is 7.99. The fourth-order valence-electron chi connectivity index (χ4n) is 3.25. The highest BCUT2D eigenvalue weighted by atomic mass is 32.2. The largest absolute Gasteiger partial charge is 0.481 e. The maximum atomic E-state index is 12.9. The molecule has 2 aliphatic rings. The van der Waals surface area contributed by atoms with Crippen molar-refractivity contribution in [3.8, 4) is 5.88 Å². The van der Waals surface area contributed by atoms with E-state index in [4.69, 9.17) is 9.47 Å². The minimum absolute atomic E-state index is 0.0370. The normalized spacial score (nSPS) is 26.0. The monoisotopic (exact) mass is 337 g/mol. The lowest BCUT2D eigenvalue weighted by Gasteiger charge is -2.50. The number of rotatable bonds is 4. The first kappa shape index (κ1) is 16.5. The molecule has 2 aliphatic heterocycles. The third kappa shape index (κ3) is 3.32. The molecule has 6 nitrogen and oxygen atoms in total. The fourth-order valence-corrected chi connectivity index (χ4v) is 3.72. The van der Waals surface area contributed by atoms with E-state index in [1.54, 1.807) is 25.4 Å². The van der Waals surface area contributed by atoms with Crippen LogP contribution in [-0.4, -0.2) is 77.8 Å². The van der Waals surface area contributed by atoms with Gasteiger partial charge in [-0.2, -0.15) is 0 Å². The third-order valence-corrected chi connectivity index (χ3v) is 5.56. The Balaban J connectivity index is 1.77. The molecule has 0 aromatic carbocycles. The van der Waals surface area contributed by atoms with E-state index in [-0.39, 0.29) is 18.0 Å². The van der Waals surface area contributed by atoms with Gasteiger partial charge in [0, 0.05) is 25.4 Å². The molecule has 0 saturated carbocycles. The summed E-state index contributed by atoms with van der Waals surface area (Å²) < 4.78 is 10.7. The number of methoxy groups -OCH3 is 1. The Kier molecular flexibility index (Phi) is 5.08. The van der Waals surface area contributed by atoms with Gasteiger partial charge in [0.1, 0.15) is 0 Å². The number of hydrogen-bond acceptors (Lipinski definition) is 6. The number of fused-ring (bicyclic) bond motifs is 2. The quantitative estimate of drug-likeness (QED) is 0.826. The van der Waals surface area contributed by atoms with Gasteiger partial charge in [-0.25, -0.2) is 4.98 Å². The van der Waals surface area contributed by atoms with Crippen molar-refractivity contribution in [1.29, 1.82) is 0 Å². The number of ether oxygens (including phenoxy) is 2. The van der Waals surface area contributed by atoms with Gasteiger partial charge in [0.05, 0.1) is 43.3 Å². The van der Waals surface area contributed by atoms with E-state index in [2.05, 4.69) is 23.1 Å². The van der Waals surface area contributed by atoms with E-state index in [9.17, 15) is 4.79 Å². The maximum Gasteiger partial charge on any atom is 0.256 e. The zero-order valence-corrected chi connectivity index (χ0v) is 14.6. The lowest BCUT2D eigenvalue weighted by molar-refractivity contribution is -0.0809. The lowest BCUT2D eigenvalue weighted by Crippen LogP contribution is -2.66. The summed E-state index contributed by atoms with van der Waals surface area (Å²) in [7, 11) is 1.57. The molecule has 3 unspecified atom stereocenters. The van der Waals surface area contributed by atoms with Crippen LogP contribution in [0.1, 0.15) is 17.3 Å². The third-order valence-electron chi connectivity index (χ3n) is 4.58.